The van der Waals surface area contributed by atoms with Crippen LogP contribution < -0.4 is 5.46 Å². The van der Waals surface area contributed by atoms with Gasteiger partial charge in [0.15, 0.2) is 0 Å². The molecule has 0 radical (unpaired) electrons. The van der Waals surface area contributed by atoms with Gasteiger partial charge in [-0.15, -0.1) is 0 Å². The molecule has 2 unspecified atom stereocenters. The van der Waals surface area contributed by atoms with Gasteiger partial charge >= 0.3 is 7.12 Å². The number of hydrogen-bond acceptors (Lipinski definition) is 3. The van der Waals surface area contributed by atoms with Crippen LogP contribution in [-0.2, 0) is 14.7 Å². The maximum absolute atomic E-state index is 6.74. The molecular weight excluding hydrogens is 503 g/mol. The Balaban J connectivity index is 1.41. The van der Waals surface area contributed by atoms with Crippen LogP contribution in [0.2, 0.25) is 0 Å². The van der Waals surface area contributed by atoms with Crippen molar-refractivity contribution >= 4 is 34.5 Å². The van der Waals surface area contributed by atoms with E-state index in [2.05, 4.69) is 125 Å². The summed E-state index contributed by atoms with van der Waals surface area (Å²) >= 11 is 0. The molecule has 0 bridgehead atoms. The molecule has 4 heteroatoms. The number of benzene rings is 4. The Kier molecular flexibility index (Phi) is 4.47. The van der Waals surface area contributed by atoms with Crippen molar-refractivity contribution in [2.24, 2.45) is 0 Å². The number of para-hydroxylation sites is 1. The Morgan fingerprint density at radius 2 is 1.49 bits per heavy atom. The minimum atomic E-state index is -0.460. The fourth-order valence-electron chi connectivity index (χ4n) is 8.07. The van der Waals surface area contributed by atoms with E-state index in [0.717, 1.165) is 23.0 Å². The Bertz CT molecular complexity index is 1990. The second-order valence-electron chi connectivity index (χ2n) is 13.0. The number of fused-ring (bicyclic) bond motifs is 14. The summed E-state index contributed by atoms with van der Waals surface area (Å²) in [7, 11) is -0.460. The fraction of sp³-hybridized carbons (Fsp3) is 0.243. The van der Waals surface area contributed by atoms with Gasteiger partial charge in [0, 0.05) is 22.3 Å². The molecule has 1 fully saturated rings. The lowest BCUT2D eigenvalue weighted by atomic mass is 9.62. The van der Waals surface area contributed by atoms with E-state index in [4.69, 9.17) is 13.7 Å². The summed E-state index contributed by atoms with van der Waals surface area (Å²) < 4.78 is 20.2. The van der Waals surface area contributed by atoms with Gasteiger partial charge < -0.3 is 13.7 Å². The quantitative estimate of drug-likeness (QED) is 0.203. The molecular formula is C37H31BO3. The first kappa shape index (κ1) is 23.8. The number of allylic oxidation sites excluding steroid dienone is 4. The van der Waals surface area contributed by atoms with E-state index in [9.17, 15) is 0 Å². The molecule has 2 heterocycles. The predicted octanol–water partition coefficient (Wildman–Crippen LogP) is 8.18. The van der Waals surface area contributed by atoms with E-state index in [0.29, 0.717) is 0 Å². The molecule has 4 aromatic carbocycles. The van der Waals surface area contributed by atoms with E-state index >= 15 is 0 Å². The normalized spacial score (nSPS) is 24.5. The van der Waals surface area contributed by atoms with Gasteiger partial charge in [-0.3, -0.25) is 0 Å². The lowest BCUT2D eigenvalue weighted by Gasteiger charge is -2.34. The second kappa shape index (κ2) is 7.70. The highest BCUT2D eigenvalue weighted by molar-refractivity contribution is 6.63. The molecule has 200 valence electrons. The van der Waals surface area contributed by atoms with Gasteiger partial charge in [-0.1, -0.05) is 91.0 Å². The average molecular weight is 534 g/mol. The minimum absolute atomic E-state index is 0.227. The largest absolute Gasteiger partial charge is 0.495 e. The first-order valence-electron chi connectivity index (χ1n) is 14.7. The monoisotopic (exact) mass is 534 g/mol. The van der Waals surface area contributed by atoms with E-state index in [-0.39, 0.29) is 5.92 Å². The van der Waals surface area contributed by atoms with Gasteiger partial charge in [0.05, 0.1) is 16.6 Å². The van der Waals surface area contributed by atoms with Crippen molar-refractivity contribution in [1.82, 2.24) is 0 Å². The Labute approximate surface area is 240 Å². The molecule has 0 saturated carbocycles. The van der Waals surface area contributed by atoms with Crippen LogP contribution in [0.5, 0.6) is 0 Å². The van der Waals surface area contributed by atoms with Crippen molar-refractivity contribution in [3.63, 3.8) is 0 Å². The predicted molar refractivity (Wildman–Crippen MR) is 166 cm³/mol. The molecule has 9 rings (SSSR count). The van der Waals surface area contributed by atoms with Crippen LogP contribution in [0.15, 0.2) is 107 Å². The lowest BCUT2D eigenvalue weighted by molar-refractivity contribution is 0.00578. The standard InChI is InChI=1S/C37H31BO3/c1-35(2)36(3,4)41-38(40-35)30-18-11-15-24-22-12-5-8-16-27(22)37(33(24)30)28-17-9-6-14-26(28)32-29(37)21-20-25-23-13-7-10-19-31(23)39-34(25)32/h5-13,15-21,26H,14H2,1-4H3. The van der Waals surface area contributed by atoms with Gasteiger partial charge in [0.25, 0.3) is 0 Å². The molecule has 3 nitrogen and oxygen atoms in total. The molecule has 5 aromatic rings. The molecule has 3 aliphatic carbocycles. The number of furan rings is 1. The van der Waals surface area contributed by atoms with E-state index < -0.39 is 23.7 Å². The second-order valence-corrected chi connectivity index (χ2v) is 13.0. The van der Waals surface area contributed by atoms with Gasteiger partial charge in [-0.05, 0) is 79.0 Å². The molecule has 2 atom stereocenters. The van der Waals surface area contributed by atoms with Gasteiger partial charge in [0.1, 0.15) is 11.2 Å². The van der Waals surface area contributed by atoms with Crippen LogP contribution in [0.4, 0.5) is 0 Å². The first-order valence-corrected chi connectivity index (χ1v) is 14.7. The van der Waals surface area contributed by atoms with E-state index in [1.807, 2.05) is 0 Å². The molecule has 41 heavy (non-hydrogen) atoms. The van der Waals surface area contributed by atoms with Crippen molar-refractivity contribution in [2.75, 3.05) is 0 Å². The summed E-state index contributed by atoms with van der Waals surface area (Å²) in [5.74, 6) is 0.227. The highest BCUT2D eigenvalue weighted by Crippen LogP contribution is 2.66. The zero-order valence-corrected chi connectivity index (χ0v) is 23.8. The molecule has 1 saturated heterocycles. The third-order valence-electron chi connectivity index (χ3n) is 10.5. The van der Waals surface area contributed by atoms with Gasteiger partial charge in [0.2, 0.25) is 0 Å². The third kappa shape index (κ3) is 2.78. The van der Waals surface area contributed by atoms with Crippen molar-refractivity contribution in [3.8, 4) is 11.1 Å². The topological polar surface area (TPSA) is 31.6 Å². The molecule has 0 amide bonds. The van der Waals surface area contributed by atoms with Crippen molar-refractivity contribution in [1.29, 1.82) is 0 Å². The summed E-state index contributed by atoms with van der Waals surface area (Å²) in [6.07, 6.45) is 7.87. The Hall–Kier alpha value is -3.86. The maximum Gasteiger partial charge on any atom is 0.495 e. The summed E-state index contributed by atoms with van der Waals surface area (Å²) in [6, 6.07) is 28.7. The van der Waals surface area contributed by atoms with Crippen LogP contribution in [0.3, 0.4) is 0 Å². The number of rotatable bonds is 1. The van der Waals surface area contributed by atoms with Crippen molar-refractivity contribution in [2.45, 2.75) is 56.7 Å². The smallest absolute Gasteiger partial charge is 0.456 e. The van der Waals surface area contributed by atoms with Gasteiger partial charge in [-0.2, -0.15) is 0 Å². The summed E-state index contributed by atoms with van der Waals surface area (Å²) in [5.41, 5.74) is 11.0. The summed E-state index contributed by atoms with van der Waals surface area (Å²) in [6.45, 7) is 8.53. The summed E-state index contributed by atoms with van der Waals surface area (Å²) in [5, 5.41) is 2.37. The number of hydrogen-bond donors (Lipinski definition) is 0. The maximum atomic E-state index is 6.74. The van der Waals surface area contributed by atoms with Crippen LogP contribution in [-0.4, -0.2) is 18.3 Å². The lowest BCUT2D eigenvalue weighted by Crippen LogP contribution is -2.42. The van der Waals surface area contributed by atoms with Crippen molar-refractivity contribution < 1.29 is 13.7 Å². The molecule has 0 N–H and O–H groups in total. The van der Waals surface area contributed by atoms with Crippen molar-refractivity contribution in [3.05, 3.63) is 125 Å². The van der Waals surface area contributed by atoms with E-state index in [1.54, 1.807) is 0 Å². The average Bonchev–Trinajstić information content (AvgIpc) is 3.65. The third-order valence-corrected chi connectivity index (χ3v) is 10.5. The zero-order valence-electron chi connectivity index (χ0n) is 23.8. The molecule has 1 spiro atoms. The first-order chi connectivity index (χ1) is 19.8. The zero-order chi connectivity index (χ0) is 27.7. The van der Waals surface area contributed by atoms with Crippen LogP contribution in [0.25, 0.3) is 33.1 Å². The van der Waals surface area contributed by atoms with Gasteiger partial charge in [-0.25, -0.2) is 0 Å². The van der Waals surface area contributed by atoms with Crippen LogP contribution >= 0.6 is 0 Å². The SMILES string of the molecule is CC1(C)OB(c2cccc3c2C2(C4=CC=CCC4c4c2ccc2c4oc4ccccc42)c2ccccc2-3)OC1(C)C. The fourth-order valence-corrected chi connectivity index (χ4v) is 8.07. The Morgan fingerprint density at radius 1 is 0.732 bits per heavy atom. The molecule has 1 aromatic heterocycles. The molecule has 4 aliphatic rings. The highest BCUT2D eigenvalue weighted by Gasteiger charge is 2.59. The summed E-state index contributed by atoms with van der Waals surface area (Å²) in [4.78, 5) is 0. The Morgan fingerprint density at radius 3 is 2.34 bits per heavy atom. The van der Waals surface area contributed by atoms with E-state index in [1.165, 1.54) is 49.7 Å². The van der Waals surface area contributed by atoms with Crippen LogP contribution in [0, 0.1) is 0 Å². The van der Waals surface area contributed by atoms with Crippen LogP contribution in [0.1, 0.15) is 62.3 Å². The highest BCUT2D eigenvalue weighted by atomic mass is 16.7. The minimum Gasteiger partial charge on any atom is -0.456 e. The molecule has 1 aliphatic heterocycles.